The third-order valence-electron chi connectivity index (χ3n) is 8.08. The zero-order valence-electron chi connectivity index (χ0n) is 28.4. The minimum absolute atomic E-state index is 0. The van der Waals surface area contributed by atoms with Crippen molar-refractivity contribution < 1.29 is 30.0 Å². The van der Waals surface area contributed by atoms with Crippen LogP contribution in [0.15, 0.2) is 0 Å². The van der Waals surface area contributed by atoms with Gasteiger partial charge in [-0.1, -0.05) is 155 Å². The molecule has 0 spiro atoms. The largest absolute Gasteiger partial charge is 2.00 e. The Kier molecular flexibility index (Phi) is 43.7. The Bertz CT molecular complexity index is 512. The first kappa shape index (κ1) is 47.2. The fourth-order valence-electron chi connectivity index (χ4n) is 5.44. The molecule has 0 aliphatic carbocycles. The van der Waals surface area contributed by atoms with Gasteiger partial charge in [0, 0.05) is 11.9 Å². The summed E-state index contributed by atoms with van der Waals surface area (Å²) < 4.78 is 0. The number of aliphatic carboxylic acids is 2. The summed E-state index contributed by atoms with van der Waals surface area (Å²) in [6, 6.07) is 0. The van der Waals surface area contributed by atoms with Gasteiger partial charge in [0.1, 0.15) is 0 Å². The number of carbonyl (C=O) groups is 2. The summed E-state index contributed by atoms with van der Waals surface area (Å²) in [6.07, 6.45) is 32.5. The van der Waals surface area contributed by atoms with E-state index in [4.69, 9.17) is 0 Å². The number of hydrogen-bond acceptors (Lipinski definition) is 6. The monoisotopic (exact) mass is 806 g/mol. The molecule has 254 valence electrons. The Hall–Kier alpha value is -0.218. The van der Waals surface area contributed by atoms with E-state index in [0.717, 1.165) is 77.0 Å². The maximum Gasteiger partial charge on any atom is 2.00 e. The summed E-state index contributed by atoms with van der Waals surface area (Å²) in [5.74, 6) is -1.84. The Labute approximate surface area is 286 Å². The molecule has 0 saturated carbocycles. The van der Waals surface area contributed by atoms with Crippen molar-refractivity contribution in [2.45, 2.75) is 219 Å². The molecule has 0 rings (SSSR count). The van der Waals surface area contributed by atoms with Crippen LogP contribution in [0.4, 0.5) is 0 Å². The number of rotatable bonds is 32. The van der Waals surface area contributed by atoms with Crippen molar-refractivity contribution in [2.75, 3.05) is 0 Å². The number of hydrogen-bond donors (Lipinski definition) is 2. The summed E-state index contributed by atoms with van der Waals surface area (Å²) in [5.41, 5.74) is 0. The molecule has 2 atom stereocenters. The van der Waals surface area contributed by atoms with Gasteiger partial charge in [0.15, 0.2) is 0 Å². The molecule has 6 nitrogen and oxygen atoms in total. The van der Waals surface area contributed by atoms with Crippen LogP contribution in [0.3, 0.4) is 0 Å². The molecule has 0 bridgehead atoms. The van der Waals surface area contributed by atoms with Crippen molar-refractivity contribution in [3.8, 4) is 0 Å². The number of carboxylic acid groups (broad SMARTS) is 2. The first-order valence-corrected chi connectivity index (χ1v) is 18.1. The predicted molar refractivity (Wildman–Crippen MR) is 178 cm³/mol. The van der Waals surface area contributed by atoms with E-state index in [2.05, 4.69) is 13.8 Å². The number of carboxylic acids is 2. The Morgan fingerprint density at radius 2 is 0.628 bits per heavy atom. The fraction of sp³-hybridized carbons (Fsp3) is 0.944. The zero-order valence-corrected chi connectivity index (χ0v) is 32.3. The van der Waals surface area contributed by atoms with Crippen molar-refractivity contribution in [2.24, 2.45) is 0 Å². The summed E-state index contributed by atoms with van der Waals surface area (Å²) in [5, 5.41) is 39.7. The van der Waals surface area contributed by atoms with Crippen molar-refractivity contribution in [3.63, 3.8) is 0 Å². The predicted octanol–water partition coefficient (Wildman–Crippen LogP) is 7.56. The van der Waals surface area contributed by atoms with E-state index >= 15 is 0 Å². The van der Waals surface area contributed by atoms with Gasteiger partial charge in [-0.15, -0.1) is 0 Å². The minimum atomic E-state index is -0.919. The zero-order chi connectivity index (χ0) is 31.5. The van der Waals surface area contributed by atoms with E-state index < -0.39 is 11.9 Å². The third kappa shape index (κ3) is 46.3. The molecule has 0 aromatic heterocycles. The molecule has 0 heterocycles. The summed E-state index contributed by atoms with van der Waals surface area (Å²) in [4.78, 5) is 20.5. The summed E-state index contributed by atoms with van der Waals surface area (Å²) in [6.45, 7) is 4.24. The van der Waals surface area contributed by atoms with E-state index in [1.807, 2.05) is 0 Å². The van der Waals surface area contributed by atoms with Crippen LogP contribution < -0.4 is 10.2 Å². The molecule has 0 aromatic rings. The molecule has 7 heteroatoms. The van der Waals surface area contributed by atoms with Gasteiger partial charge < -0.3 is 30.0 Å². The molecule has 2 unspecified atom stereocenters. The summed E-state index contributed by atoms with van der Waals surface area (Å²) in [7, 11) is 0. The topological polar surface area (TPSA) is 121 Å². The van der Waals surface area contributed by atoms with Crippen LogP contribution in [-0.4, -0.2) is 61.7 Å². The number of aliphatic hydroxyl groups excluding tert-OH is 2. The van der Waals surface area contributed by atoms with Crippen molar-refractivity contribution in [3.05, 3.63) is 0 Å². The average Bonchev–Trinajstić information content (AvgIpc) is 2.94. The number of unbranched alkanes of at least 4 members (excludes halogenated alkanes) is 20. The van der Waals surface area contributed by atoms with E-state index in [9.17, 15) is 30.0 Å². The van der Waals surface area contributed by atoms with Crippen molar-refractivity contribution >= 4 is 39.2 Å². The van der Waals surface area contributed by atoms with Crippen LogP contribution in [0, 0.1) is 0 Å². The molecular formula is C36H70O6Pb. The van der Waals surface area contributed by atoms with E-state index in [0.29, 0.717) is 0 Å². The molecular weight excluding hydrogens is 736 g/mol. The van der Waals surface area contributed by atoms with Gasteiger partial charge in [-0.05, 0) is 51.4 Å². The van der Waals surface area contributed by atoms with Gasteiger partial charge in [0.2, 0.25) is 0 Å². The van der Waals surface area contributed by atoms with Crippen LogP contribution in [0.25, 0.3) is 0 Å². The van der Waals surface area contributed by atoms with E-state index in [1.54, 1.807) is 0 Å². The second-order valence-corrected chi connectivity index (χ2v) is 12.5. The van der Waals surface area contributed by atoms with Gasteiger partial charge in [-0.3, -0.25) is 0 Å². The normalized spacial score (nSPS) is 12.2. The number of carbonyl (C=O) groups excluding carboxylic acids is 2. The molecule has 43 heavy (non-hydrogen) atoms. The van der Waals surface area contributed by atoms with Crippen LogP contribution in [0.2, 0.25) is 0 Å². The van der Waals surface area contributed by atoms with Crippen LogP contribution in [0.5, 0.6) is 0 Å². The van der Waals surface area contributed by atoms with E-state index in [-0.39, 0.29) is 52.3 Å². The molecule has 0 aromatic carbocycles. The Morgan fingerprint density at radius 1 is 0.419 bits per heavy atom. The molecule has 2 N–H and O–H groups in total. The van der Waals surface area contributed by atoms with Crippen molar-refractivity contribution in [1.29, 1.82) is 0 Å². The minimum Gasteiger partial charge on any atom is -0.550 e. The second-order valence-electron chi connectivity index (χ2n) is 12.5. The van der Waals surface area contributed by atoms with Gasteiger partial charge in [0.25, 0.3) is 0 Å². The van der Waals surface area contributed by atoms with Gasteiger partial charge >= 0.3 is 27.3 Å². The molecule has 0 saturated heterocycles. The van der Waals surface area contributed by atoms with Crippen LogP contribution >= 0.6 is 0 Å². The Balaban J connectivity index is -0.000000727. The van der Waals surface area contributed by atoms with Gasteiger partial charge in [0.05, 0.1) is 12.2 Å². The summed E-state index contributed by atoms with van der Waals surface area (Å²) >= 11 is 0. The van der Waals surface area contributed by atoms with Crippen LogP contribution in [0.1, 0.15) is 206 Å². The van der Waals surface area contributed by atoms with Crippen LogP contribution in [-0.2, 0) is 9.59 Å². The maximum atomic E-state index is 10.2. The smallest absolute Gasteiger partial charge is 0.550 e. The first-order valence-electron chi connectivity index (χ1n) is 18.1. The molecule has 0 fully saturated rings. The fourth-order valence-corrected chi connectivity index (χ4v) is 5.44. The molecule has 2 radical (unpaired) electrons. The first-order chi connectivity index (χ1) is 20.3. The standard InChI is InChI=1S/2C18H36O3.Pb/c2*1-2-14-17(19)15-12-10-8-6-4-3-5-7-9-11-13-16-18(20)21;/h2*17,19H,2-16H2,1H3,(H,20,21);/q;;+2/p-2. The van der Waals surface area contributed by atoms with Gasteiger partial charge in [-0.25, -0.2) is 0 Å². The Morgan fingerprint density at radius 3 is 0.837 bits per heavy atom. The quantitative estimate of drug-likeness (QED) is 0.0535. The molecule has 0 amide bonds. The average molecular weight is 806 g/mol. The third-order valence-corrected chi connectivity index (χ3v) is 8.08. The number of aliphatic hydroxyl groups is 2. The van der Waals surface area contributed by atoms with Crippen molar-refractivity contribution in [1.82, 2.24) is 0 Å². The van der Waals surface area contributed by atoms with Gasteiger partial charge in [-0.2, -0.15) is 0 Å². The second kappa shape index (κ2) is 39.8. The SMILES string of the molecule is CCCC(O)CCCCCCCCCCCCCC(=O)[O-].CCCC(O)CCCCCCCCCCCCCC(=O)[O-].[Pb+2]. The molecule has 0 aliphatic heterocycles. The van der Waals surface area contributed by atoms with E-state index in [1.165, 1.54) is 103 Å². The maximum absolute atomic E-state index is 10.2. The molecule has 0 aliphatic rings.